The van der Waals surface area contributed by atoms with E-state index in [0.29, 0.717) is 4.90 Å². The van der Waals surface area contributed by atoms with Gasteiger partial charge in [-0.2, -0.15) is 13.2 Å². The summed E-state index contributed by atoms with van der Waals surface area (Å²) in [6, 6.07) is 5.69. The standard InChI is InChI=1S/C19H12F3NO6S2/c20-19(21,22)10-3-1-2-9(6-10)13-5-4-11(29-13)7-14-16(26)23(18(30)31-14)12(17(27)28)8-15(24)25/h1-7,12H,8H2,(H,24,25)(H,27,28)/b14-7+/t12-/m1/s1. The minimum Gasteiger partial charge on any atom is -0.481 e. The van der Waals surface area contributed by atoms with Gasteiger partial charge in [0.05, 0.1) is 16.9 Å². The van der Waals surface area contributed by atoms with Crippen LogP contribution in [0, 0.1) is 0 Å². The number of carbonyl (C=O) groups is 3. The number of carboxylic acids is 2. The van der Waals surface area contributed by atoms with E-state index >= 15 is 0 Å². The molecule has 1 aromatic heterocycles. The van der Waals surface area contributed by atoms with E-state index in [0.717, 1.165) is 23.9 Å². The molecule has 0 saturated carbocycles. The van der Waals surface area contributed by atoms with Gasteiger partial charge >= 0.3 is 18.1 Å². The van der Waals surface area contributed by atoms with E-state index in [1.54, 1.807) is 0 Å². The molecule has 2 aromatic rings. The molecule has 1 atom stereocenters. The van der Waals surface area contributed by atoms with Gasteiger partial charge in [0.1, 0.15) is 21.9 Å². The number of hydrogen-bond donors (Lipinski definition) is 2. The zero-order valence-electron chi connectivity index (χ0n) is 15.3. The SMILES string of the molecule is O=C(O)C[C@H](C(=O)O)N1C(=O)/C(=C\c2ccc(-c3cccc(C(F)(F)F)c3)o2)SC1=S. The van der Waals surface area contributed by atoms with Gasteiger partial charge in [-0.1, -0.05) is 36.1 Å². The number of halogens is 3. The van der Waals surface area contributed by atoms with Crippen LogP contribution in [0.4, 0.5) is 13.2 Å². The van der Waals surface area contributed by atoms with Crippen LogP contribution in [-0.4, -0.2) is 43.3 Å². The highest BCUT2D eigenvalue weighted by Gasteiger charge is 2.41. The first-order valence-corrected chi connectivity index (χ1v) is 9.69. The summed E-state index contributed by atoms with van der Waals surface area (Å²) >= 11 is 5.79. The van der Waals surface area contributed by atoms with Gasteiger partial charge in [-0.25, -0.2) is 4.79 Å². The zero-order chi connectivity index (χ0) is 22.9. The summed E-state index contributed by atoms with van der Waals surface area (Å²) in [4.78, 5) is 35.6. The molecule has 1 aliphatic rings. The van der Waals surface area contributed by atoms with E-state index < -0.39 is 42.0 Å². The van der Waals surface area contributed by atoms with Gasteiger partial charge in [0.15, 0.2) is 0 Å². The van der Waals surface area contributed by atoms with Crippen LogP contribution in [0.1, 0.15) is 17.7 Å². The molecule has 2 heterocycles. The number of amides is 1. The van der Waals surface area contributed by atoms with E-state index in [4.69, 9.17) is 21.7 Å². The number of carbonyl (C=O) groups excluding carboxylic acids is 1. The number of furan rings is 1. The Bertz CT molecular complexity index is 1110. The molecule has 0 radical (unpaired) electrons. The highest BCUT2D eigenvalue weighted by molar-refractivity contribution is 8.26. The molecule has 1 amide bonds. The van der Waals surface area contributed by atoms with Crippen LogP contribution in [-0.2, 0) is 20.6 Å². The Morgan fingerprint density at radius 2 is 1.94 bits per heavy atom. The molecule has 2 N–H and O–H groups in total. The van der Waals surface area contributed by atoms with Crippen molar-refractivity contribution >= 4 is 52.2 Å². The Hall–Kier alpha value is -3.12. The number of carboxylic acid groups (broad SMARTS) is 2. The highest BCUT2D eigenvalue weighted by Crippen LogP contribution is 2.36. The Kier molecular flexibility index (Phi) is 6.23. The molecule has 0 unspecified atom stereocenters. The fourth-order valence-corrected chi connectivity index (χ4v) is 4.10. The molecule has 1 aromatic carbocycles. The van der Waals surface area contributed by atoms with E-state index in [1.807, 2.05) is 0 Å². The van der Waals surface area contributed by atoms with Crippen LogP contribution in [0.15, 0.2) is 45.7 Å². The predicted octanol–water partition coefficient (Wildman–Crippen LogP) is 4.09. The minimum atomic E-state index is -4.52. The number of thioether (sulfide) groups is 1. The van der Waals surface area contributed by atoms with Gasteiger partial charge in [0, 0.05) is 11.6 Å². The average Bonchev–Trinajstić information content (AvgIpc) is 3.24. The van der Waals surface area contributed by atoms with Crippen molar-refractivity contribution in [3.8, 4) is 11.3 Å². The van der Waals surface area contributed by atoms with Crippen molar-refractivity contribution < 1.29 is 42.2 Å². The summed E-state index contributed by atoms with van der Waals surface area (Å²) in [5.74, 6) is -3.49. The molecule has 1 fully saturated rings. The Morgan fingerprint density at radius 3 is 2.55 bits per heavy atom. The quantitative estimate of drug-likeness (QED) is 0.479. The maximum atomic E-state index is 12.9. The third-order valence-electron chi connectivity index (χ3n) is 4.16. The minimum absolute atomic E-state index is 0.00780. The van der Waals surface area contributed by atoms with Crippen molar-refractivity contribution in [3.63, 3.8) is 0 Å². The molecule has 7 nitrogen and oxygen atoms in total. The van der Waals surface area contributed by atoms with Crippen molar-refractivity contribution in [2.45, 2.75) is 18.6 Å². The second-order valence-corrected chi connectivity index (χ2v) is 7.96. The Morgan fingerprint density at radius 1 is 1.23 bits per heavy atom. The van der Waals surface area contributed by atoms with Crippen LogP contribution >= 0.6 is 24.0 Å². The lowest BCUT2D eigenvalue weighted by atomic mass is 10.1. The second-order valence-electron chi connectivity index (χ2n) is 6.28. The number of rotatable bonds is 6. The number of thiocarbonyl (C=S) groups is 1. The summed E-state index contributed by atoms with van der Waals surface area (Å²) in [6.45, 7) is 0. The van der Waals surface area contributed by atoms with E-state index in [9.17, 15) is 32.7 Å². The first kappa shape index (κ1) is 22.6. The molecule has 0 spiro atoms. The van der Waals surface area contributed by atoms with E-state index in [2.05, 4.69) is 0 Å². The van der Waals surface area contributed by atoms with Crippen molar-refractivity contribution in [1.82, 2.24) is 4.90 Å². The zero-order valence-corrected chi connectivity index (χ0v) is 16.9. The van der Waals surface area contributed by atoms with E-state index in [-0.39, 0.29) is 26.3 Å². The van der Waals surface area contributed by atoms with Gasteiger partial charge in [-0.3, -0.25) is 14.5 Å². The van der Waals surface area contributed by atoms with Crippen molar-refractivity contribution in [2.75, 3.05) is 0 Å². The molecule has 1 saturated heterocycles. The molecule has 162 valence electrons. The fraction of sp³-hybridized carbons (Fsp3) is 0.158. The smallest absolute Gasteiger partial charge is 0.416 e. The maximum Gasteiger partial charge on any atom is 0.416 e. The average molecular weight is 471 g/mol. The first-order valence-electron chi connectivity index (χ1n) is 8.46. The molecule has 1 aliphatic heterocycles. The molecular formula is C19H12F3NO6S2. The Labute approximate surface area is 182 Å². The summed E-state index contributed by atoms with van der Waals surface area (Å²) in [5, 5.41) is 18.2. The predicted molar refractivity (Wildman–Crippen MR) is 108 cm³/mol. The summed E-state index contributed by atoms with van der Waals surface area (Å²) in [5.41, 5.74) is -0.670. The monoisotopic (exact) mass is 471 g/mol. The van der Waals surface area contributed by atoms with Gasteiger partial charge in [0.25, 0.3) is 5.91 Å². The summed E-state index contributed by atoms with van der Waals surface area (Å²) < 4.78 is 44.1. The van der Waals surface area contributed by atoms with E-state index in [1.165, 1.54) is 30.3 Å². The van der Waals surface area contributed by atoms with Crippen LogP contribution in [0.25, 0.3) is 17.4 Å². The number of benzene rings is 1. The summed E-state index contributed by atoms with van der Waals surface area (Å²) in [7, 11) is 0. The fourth-order valence-electron chi connectivity index (χ4n) is 2.77. The third-order valence-corrected chi connectivity index (χ3v) is 5.49. The normalized spacial score (nSPS) is 16.7. The van der Waals surface area contributed by atoms with Crippen LogP contribution in [0.2, 0.25) is 0 Å². The van der Waals surface area contributed by atoms with Gasteiger partial charge < -0.3 is 14.6 Å². The Balaban J connectivity index is 1.86. The third kappa shape index (κ3) is 4.97. The van der Waals surface area contributed by atoms with Crippen LogP contribution in [0.3, 0.4) is 0 Å². The van der Waals surface area contributed by atoms with Crippen LogP contribution in [0.5, 0.6) is 0 Å². The molecule has 0 aliphatic carbocycles. The number of alkyl halides is 3. The highest BCUT2D eigenvalue weighted by atomic mass is 32.2. The number of hydrogen-bond acceptors (Lipinski definition) is 6. The van der Waals surface area contributed by atoms with Crippen molar-refractivity contribution in [2.24, 2.45) is 0 Å². The largest absolute Gasteiger partial charge is 0.481 e. The van der Waals surface area contributed by atoms with Crippen LogP contribution < -0.4 is 0 Å². The van der Waals surface area contributed by atoms with Crippen molar-refractivity contribution in [3.05, 3.63) is 52.6 Å². The van der Waals surface area contributed by atoms with Crippen molar-refractivity contribution in [1.29, 1.82) is 0 Å². The summed E-state index contributed by atoms with van der Waals surface area (Å²) in [6.07, 6.45) is -4.10. The maximum absolute atomic E-state index is 12.9. The molecule has 3 rings (SSSR count). The lowest BCUT2D eigenvalue weighted by molar-refractivity contribution is -0.150. The first-order chi connectivity index (χ1) is 14.5. The topological polar surface area (TPSA) is 108 Å². The van der Waals surface area contributed by atoms with Gasteiger partial charge in [-0.05, 0) is 24.3 Å². The van der Waals surface area contributed by atoms with Gasteiger partial charge in [0.2, 0.25) is 0 Å². The second kappa shape index (κ2) is 8.55. The molecule has 12 heteroatoms. The molecular weight excluding hydrogens is 459 g/mol. The molecule has 31 heavy (non-hydrogen) atoms. The number of nitrogens with zero attached hydrogens (tertiary/aromatic N) is 1. The number of aliphatic carboxylic acids is 2. The van der Waals surface area contributed by atoms with Gasteiger partial charge in [-0.15, -0.1) is 0 Å². The lowest BCUT2D eigenvalue weighted by Crippen LogP contribution is -2.45. The lowest BCUT2D eigenvalue weighted by Gasteiger charge is -2.21. The molecule has 0 bridgehead atoms.